The molecule has 1 heterocycles. The highest BCUT2D eigenvalue weighted by molar-refractivity contribution is 5.94. The van der Waals surface area contributed by atoms with Crippen LogP contribution in [0, 0.1) is 0 Å². The van der Waals surface area contributed by atoms with E-state index in [4.69, 9.17) is 4.74 Å². The van der Waals surface area contributed by atoms with Crippen molar-refractivity contribution in [1.29, 1.82) is 0 Å². The topological polar surface area (TPSA) is 43.3 Å². The molecule has 0 fully saturated rings. The van der Waals surface area contributed by atoms with E-state index in [1.165, 1.54) is 10.9 Å². The van der Waals surface area contributed by atoms with Gasteiger partial charge in [0, 0.05) is 30.4 Å². The summed E-state index contributed by atoms with van der Waals surface area (Å²) in [4.78, 5) is 12.1. The second kappa shape index (κ2) is 7.01. The molecule has 0 saturated carbocycles. The number of carbonyl (C=O) groups excluding carboxylic acids is 1. The maximum absolute atomic E-state index is 12.1. The predicted molar refractivity (Wildman–Crippen MR) is 91.9 cm³/mol. The molecule has 1 aromatic heterocycles. The molecule has 0 saturated heterocycles. The number of carbonyl (C=O) groups is 1. The molecule has 118 valence electrons. The summed E-state index contributed by atoms with van der Waals surface area (Å²) in [6.07, 6.45) is 2.98. The highest BCUT2D eigenvalue weighted by atomic mass is 16.5. The number of ether oxygens (including phenoxy) is 1. The summed E-state index contributed by atoms with van der Waals surface area (Å²) in [5, 5.41) is 4.20. The van der Waals surface area contributed by atoms with Crippen LogP contribution in [-0.2, 0) is 6.54 Å². The molecule has 0 aliphatic heterocycles. The Kier molecular flexibility index (Phi) is 4.62. The number of benzene rings is 2. The van der Waals surface area contributed by atoms with Crippen molar-refractivity contribution in [3.05, 3.63) is 66.4 Å². The lowest BCUT2D eigenvalue weighted by atomic mass is 10.2. The van der Waals surface area contributed by atoms with Crippen molar-refractivity contribution in [2.24, 2.45) is 0 Å². The van der Waals surface area contributed by atoms with Gasteiger partial charge in [-0.05, 0) is 42.1 Å². The number of methoxy groups -OCH3 is 1. The molecule has 0 aliphatic carbocycles. The Balaban J connectivity index is 1.52. The molecular formula is C19H20N2O2. The molecule has 0 radical (unpaired) electrons. The van der Waals surface area contributed by atoms with Gasteiger partial charge in [0.15, 0.2) is 0 Å². The van der Waals surface area contributed by atoms with Gasteiger partial charge in [0.25, 0.3) is 5.91 Å². The lowest BCUT2D eigenvalue weighted by Gasteiger charge is -2.08. The number of hydrogen-bond donors (Lipinski definition) is 1. The first-order chi connectivity index (χ1) is 11.3. The van der Waals surface area contributed by atoms with Crippen LogP contribution in [0.15, 0.2) is 60.8 Å². The summed E-state index contributed by atoms with van der Waals surface area (Å²) in [6.45, 7) is 1.52. The number of aromatic nitrogens is 1. The fraction of sp³-hybridized carbons (Fsp3) is 0.211. The fourth-order valence-corrected chi connectivity index (χ4v) is 2.65. The van der Waals surface area contributed by atoms with Crippen LogP contribution in [0.2, 0.25) is 0 Å². The SMILES string of the molecule is COc1cccc(C(=O)NCCCn2ccc3ccccc32)c1. The normalized spacial score (nSPS) is 10.7. The molecule has 3 aromatic rings. The third kappa shape index (κ3) is 3.54. The number of rotatable bonds is 6. The van der Waals surface area contributed by atoms with Crippen LogP contribution in [0.5, 0.6) is 5.75 Å². The van der Waals surface area contributed by atoms with Crippen molar-refractivity contribution in [2.75, 3.05) is 13.7 Å². The van der Waals surface area contributed by atoms with Crippen LogP contribution in [0.1, 0.15) is 16.8 Å². The Morgan fingerprint density at radius 2 is 2.00 bits per heavy atom. The third-order valence-electron chi connectivity index (χ3n) is 3.87. The zero-order valence-corrected chi connectivity index (χ0v) is 13.2. The van der Waals surface area contributed by atoms with Crippen molar-refractivity contribution < 1.29 is 9.53 Å². The number of nitrogens with zero attached hydrogens (tertiary/aromatic N) is 1. The van der Waals surface area contributed by atoms with Crippen LogP contribution in [0.25, 0.3) is 10.9 Å². The van der Waals surface area contributed by atoms with Crippen molar-refractivity contribution in [3.63, 3.8) is 0 Å². The minimum atomic E-state index is -0.0683. The molecule has 23 heavy (non-hydrogen) atoms. The van der Waals surface area contributed by atoms with Crippen LogP contribution >= 0.6 is 0 Å². The smallest absolute Gasteiger partial charge is 0.251 e. The van der Waals surface area contributed by atoms with E-state index in [0.717, 1.165) is 13.0 Å². The van der Waals surface area contributed by atoms with E-state index >= 15 is 0 Å². The fourth-order valence-electron chi connectivity index (χ4n) is 2.65. The monoisotopic (exact) mass is 308 g/mol. The summed E-state index contributed by atoms with van der Waals surface area (Å²) < 4.78 is 7.35. The van der Waals surface area contributed by atoms with E-state index in [9.17, 15) is 4.79 Å². The van der Waals surface area contributed by atoms with Crippen LogP contribution in [0.3, 0.4) is 0 Å². The van der Waals surface area contributed by atoms with Gasteiger partial charge in [-0.2, -0.15) is 0 Å². The Bertz CT molecular complexity index is 808. The molecule has 0 bridgehead atoms. The van der Waals surface area contributed by atoms with Crippen molar-refractivity contribution in [3.8, 4) is 5.75 Å². The zero-order valence-electron chi connectivity index (χ0n) is 13.2. The Labute approximate surface area is 135 Å². The minimum absolute atomic E-state index is 0.0683. The molecule has 0 unspecified atom stereocenters. The number of aryl methyl sites for hydroxylation is 1. The van der Waals surface area contributed by atoms with Gasteiger partial charge in [-0.3, -0.25) is 4.79 Å². The second-order valence-electron chi connectivity index (χ2n) is 5.41. The average molecular weight is 308 g/mol. The summed E-state index contributed by atoms with van der Waals surface area (Å²) in [6, 6.07) is 17.6. The maximum Gasteiger partial charge on any atom is 0.251 e. The van der Waals surface area contributed by atoms with Gasteiger partial charge in [-0.25, -0.2) is 0 Å². The number of hydrogen-bond acceptors (Lipinski definition) is 2. The van der Waals surface area contributed by atoms with Gasteiger partial charge in [0.1, 0.15) is 5.75 Å². The van der Waals surface area contributed by atoms with Crippen molar-refractivity contribution in [1.82, 2.24) is 9.88 Å². The van der Waals surface area contributed by atoms with E-state index in [0.29, 0.717) is 17.9 Å². The Morgan fingerprint density at radius 3 is 2.87 bits per heavy atom. The van der Waals surface area contributed by atoms with Gasteiger partial charge in [-0.1, -0.05) is 24.3 Å². The van der Waals surface area contributed by atoms with E-state index in [1.807, 2.05) is 24.3 Å². The molecule has 3 rings (SSSR count). The maximum atomic E-state index is 12.1. The Hall–Kier alpha value is -2.75. The standard InChI is InChI=1S/C19H20N2O2/c1-23-17-8-4-7-16(14-17)19(22)20-11-5-12-21-13-10-15-6-2-3-9-18(15)21/h2-4,6-10,13-14H,5,11-12H2,1H3,(H,20,22). The summed E-state index contributed by atoms with van der Waals surface area (Å²) >= 11 is 0. The molecule has 1 N–H and O–H groups in total. The predicted octanol–water partition coefficient (Wildman–Crippen LogP) is 3.47. The lowest BCUT2D eigenvalue weighted by Crippen LogP contribution is -2.25. The van der Waals surface area contributed by atoms with Crippen LogP contribution in [0.4, 0.5) is 0 Å². The van der Waals surface area contributed by atoms with Gasteiger partial charge in [0.05, 0.1) is 7.11 Å². The van der Waals surface area contributed by atoms with Crippen molar-refractivity contribution >= 4 is 16.8 Å². The molecule has 2 aromatic carbocycles. The van der Waals surface area contributed by atoms with E-state index in [1.54, 1.807) is 19.2 Å². The molecular weight excluding hydrogens is 288 g/mol. The Morgan fingerprint density at radius 1 is 1.13 bits per heavy atom. The largest absolute Gasteiger partial charge is 0.497 e. The van der Waals surface area contributed by atoms with Crippen LogP contribution < -0.4 is 10.1 Å². The summed E-state index contributed by atoms with van der Waals surface area (Å²) in [5.74, 6) is 0.623. The second-order valence-corrected chi connectivity index (χ2v) is 5.41. The molecule has 0 atom stereocenters. The molecule has 4 nitrogen and oxygen atoms in total. The quantitative estimate of drug-likeness (QED) is 0.709. The van der Waals surface area contributed by atoms with E-state index in [2.05, 4.69) is 34.3 Å². The molecule has 0 spiro atoms. The van der Waals surface area contributed by atoms with Gasteiger partial charge < -0.3 is 14.6 Å². The zero-order chi connectivity index (χ0) is 16.1. The third-order valence-corrected chi connectivity index (χ3v) is 3.87. The number of nitrogens with one attached hydrogen (secondary N) is 1. The van der Waals surface area contributed by atoms with Crippen LogP contribution in [-0.4, -0.2) is 24.1 Å². The summed E-state index contributed by atoms with van der Waals surface area (Å²) in [5.41, 5.74) is 1.85. The van der Waals surface area contributed by atoms with Gasteiger partial charge >= 0.3 is 0 Å². The number of fused-ring (bicyclic) bond motifs is 1. The first-order valence-electron chi connectivity index (χ1n) is 7.74. The first kappa shape index (κ1) is 15.2. The first-order valence-corrected chi connectivity index (χ1v) is 7.74. The highest BCUT2D eigenvalue weighted by Crippen LogP contribution is 2.15. The number of para-hydroxylation sites is 1. The van der Waals surface area contributed by atoms with E-state index < -0.39 is 0 Å². The summed E-state index contributed by atoms with van der Waals surface area (Å²) in [7, 11) is 1.60. The van der Waals surface area contributed by atoms with Gasteiger partial charge in [0.2, 0.25) is 0 Å². The van der Waals surface area contributed by atoms with E-state index in [-0.39, 0.29) is 5.91 Å². The van der Waals surface area contributed by atoms with Gasteiger partial charge in [-0.15, -0.1) is 0 Å². The number of amides is 1. The highest BCUT2D eigenvalue weighted by Gasteiger charge is 2.06. The molecule has 1 amide bonds. The van der Waals surface area contributed by atoms with Crippen molar-refractivity contribution in [2.45, 2.75) is 13.0 Å². The molecule has 4 heteroatoms. The molecule has 0 aliphatic rings. The average Bonchev–Trinajstić information content (AvgIpc) is 3.02. The lowest BCUT2D eigenvalue weighted by molar-refractivity contribution is 0.0952. The minimum Gasteiger partial charge on any atom is -0.497 e.